The highest BCUT2D eigenvalue weighted by Gasteiger charge is 2.32. The molecule has 0 spiro atoms. The molecule has 0 radical (unpaired) electrons. The van der Waals surface area contributed by atoms with E-state index in [0.29, 0.717) is 23.6 Å². The lowest BCUT2D eigenvalue weighted by atomic mass is 10.1. The molecule has 9 nitrogen and oxygen atoms in total. The van der Waals surface area contributed by atoms with Gasteiger partial charge in [-0.2, -0.15) is 0 Å². The first-order valence-electron chi connectivity index (χ1n) is 8.22. The van der Waals surface area contributed by atoms with E-state index >= 15 is 0 Å². The lowest BCUT2D eigenvalue weighted by Crippen LogP contribution is -2.24. The number of benzene rings is 1. The predicted molar refractivity (Wildman–Crippen MR) is 92.4 cm³/mol. The summed E-state index contributed by atoms with van der Waals surface area (Å²) in [5, 5.41) is 6.29. The molecule has 1 aliphatic heterocycles. The Morgan fingerprint density at radius 3 is 2.63 bits per heavy atom. The van der Waals surface area contributed by atoms with E-state index in [-0.39, 0.29) is 16.7 Å². The molecule has 27 heavy (non-hydrogen) atoms. The van der Waals surface area contributed by atoms with Gasteiger partial charge in [-0.1, -0.05) is 12.1 Å². The van der Waals surface area contributed by atoms with Gasteiger partial charge in [-0.25, -0.2) is 4.79 Å². The Bertz CT molecular complexity index is 962. The average Bonchev–Trinajstić information content (AvgIpc) is 3.13. The molecule has 1 N–H and O–H groups in total. The minimum atomic E-state index is -0.697. The first-order valence-corrected chi connectivity index (χ1v) is 8.22. The van der Waals surface area contributed by atoms with Crippen LogP contribution in [0.2, 0.25) is 0 Å². The number of imide groups is 1. The van der Waals surface area contributed by atoms with Crippen molar-refractivity contribution in [2.24, 2.45) is 0 Å². The molecular weight excluding hydrogens is 354 g/mol. The van der Waals surface area contributed by atoms with Gasteiger partial charge < -0.3 is 14.6 Å². The van der Waals surface area contributed by atoms with Gasteiger partial charge in [-0.3, -0.25) is 19.3 Å². The van der Waals surface area contributed by atoms with Gasteiger partial charge in [0.2, 0.25) is 0 Å². The maximum Gasteiger partial charge on any atom is 0.344 e. The minimum absolute atomic E-state index is 0.213. The highest BCUT2D eigenvalue weighted by atomic mass is 16.5. The van der Waals surface area contributed by atoms with Crippen LogP contribution in [0.1, 0.15) is 49.5 Å². The number of amides is 3. The molecule has 140 valence electrons. The van der Waals surface area contributed by atoms with Crippen LogP contribution in [-0.2, 0) is 16.0 Å². The molecule has 0 unspecified atom stereocenters. The fourth-order valence-electron chi connectivity index (χ4n) is 2.76. The fourth-order valence-corrected chi connectivity index (χ4v) is 2.76. The zero-order valence-electron chi connectivity index (χ0n) is 15.0. The summed E-state index contributed by atoms with van der Waals surface area (Å²) >= 11 is 0. The first-order chi connectivity index (χ1) is 12.8. The normalized spacial score (nSPS) is 12.9. The van der Waals surface area contributed by atoms with E-state index in [2.05, 4.69) is 10.5 Å². The smallest absolute Gasteiger partial charge is 0.344 e. The third-order valence-electron chi connectivity index (χ3n) is 4.18. The summed E-state index contributed by atoms with van der Waals surface area (Å²) in [6, 6.07) is 4.38. The van der Waals surface area contributed by atoms with Crippen LogP contribution in [0.15, 0.2) is 22.7 Å². The second kappa shape index (κ2) is 7.02. The van der Waals surface area contributed by atoms with Gasteiger partial charge in [0.05, 0.1) is 16.8 Å². The van der Waals surface area contributed by atoms with Crippen molar-refractivity contribution >= 4 is 29.4 Å². The molecule has 0 atom stereocenters. The van der Waals surface area contributed by atoms with Crippen molar-refractivity contribution < 1.29 is 28.4 Å². The number of hydrogen-bond acceptors (Lipinski definition) is 7. The topological polar surface area (TPSA) is 119 Å². The summed E-state index contributed by atoms with van der Waals surface area (Å²) in [4.78, 5) is 49.0. The summed E-state index contributed by atoms with van der Waals surface area (Å²) in [5.74, 6) is -1.79. The van der Waals surface area contributed by atoms with Crippen LogP contribution >= 0.6 is 0 Å². The summed E-state index contributed by atoms with van der Waals surface area (Å²) in [5.41, 5.74) is 1.49. The van der Waals surface area contributed by atoms with Gasteiger partial charge in [0, 0.05) is 12.7 Å². The lowest BCUT2D eigenvalue weighted by molar-refractivity contribution is -0.119. The largest absolute Gasteiger partial charge is 0.452 e. The second-order valence-electron chi connectivity index (χ2n) is 5.97. The van der Waals surface area contributed by atoms with Gasteiger partial charge >= 0.3 is 5.97 Å². The SMILES string of the molecule is CCc1noc(C)c1C(=O)OCC(=O)Nc1ccc2c(c1)C(=O)N(C)C2=O. The Morgan fingerprint density at radius 2 is 1.93 bits per heavy atom. The van der Waals surface area contributed by atoms with Crippen LogP contribution in [0.3, 0.4) is 0 Å². The summed E-state index contributed by atoms with van der Waals surface area (Å²) in [6.45, 7) is 2.89. The molecule has 0 bridgehead atoms. The van der Waals surface area contributed by atoms with Gasteiger partial charge in [0.1, 0.15) is 11.3 Å². The zero-order chi connectivity index (χ0) is 19.7. The zero-order valence-corrected chi connectivity index (χ0v) is 15.0. The lowest BCUT2D eigenvalue weighted by Gasteiger charge is -2.07. The van der Waals surface area contributed by atoms with Crippen LogP contribution in [0.5, 0.6) is 0 Å². The Kier molecular flexibility index (Phi) is 4.76. The molecule has 0 saturated heterocycles. The van der Waals surface area contributed by atoms with Gasteiger partial charge in [0.15, 0.2) is 6.61 Å². The van der Waals surface area contributed by atoms with Crippen molar-refractivity contribution in [3.05, 3.63) is 46.3 Å². The summed E-state index contributed by atoms with van der Waals surface area (Å²) in [7, 11) is 1.39. The number of nitrogens with zero attached hydrogens (tertiary/aromatic N) is 2. The van der Waals surface area contributed by atoms with Crippen molar-refractivity contribution in [2.75, 3.05) is 19.0 Å². The summed E-state index contributed by atoms with van der Waals surface area (Å²) in [6.07, 6.45) is 0.490. The van der Waals surface area contributed by atoms with Crippen molar-refractivity contribution in [1.29, 1.82) is 0 Å². The minimum Gasteiger partial charge on any atom is -0.452 e. The number of aryl methyl sites for hydroxylation is 2. The third kappa shape index (κ3) is 3.31. The number of rotatable bonds is 5. The molecule has 0 aliphatic carbocycles. The molecule has 0 fully saturated rings. The molecule has 2 heterocycles. The van der Waals surface area contributed by atoms with E-state index in [1.54, 1.807) is 6.92 Å². The van der Waals surface area contributed by atoms with E-state index in [1.807, 2.05) is 6.92 Å². The molecule has 2 aromatic rings. The molecule has 3 amide bonds. The Hall–Kier alpha value is -3.49. The second-order valence-corrected chi connectivity index (χ2v) is 5.97. The number of carbonyl (C=O) groups excluding carboxylic acids is 4. The average molecular weight is 371 g/mol. The number of carbonyl (C=O) groups is 4. The Labute approximate surface area is 154 Å². The highest BCUT2D eigenvalue weighted by molar-refractivity contribution is 6.21. The number of ether oxygens (including phenoxy) is 1. The van der Waals surface area contributed by atoms with Crippen molar-refractivity contribution in [3.8, 4) is 0 Å². The quantitative estimate of drug-likeness (QED) is 0.626. The number of aromatic nitrogens is 1. The number of hydrogen-bond donors (Lipinski definition) is 1. The summed E-state index contributed by atoms with van der Waals surface area (Å²) < 4.78 is 9.98. The molecule has 3 rings (SSSR count). The fraction of sp³-hybridized carbons (Fsp3) is 0.278. The molecule has 9 heteroatoms. The maximum atomic E-state index is 12.1. The van der Waals surface area contributed by atoms with Crippen molar-refractivity contribution in [2.45, 2.75) is 20.3 Å². The number of esters is 1. The van der Waals surface area contributed by atoms with Crippen LogP contribution in [0.25, 0.3) is 0 Å². The van der Waals surface area contributed by atoms with E-state index < -0.39 is 30.3 Å². The monoisotopic (exact) mass is 371 g/mol. The van der Waals surface area contributed by atoms with E-state index in [4.69, 9.17) is 9.26 Å². The molecule has 0 saturated carbocycles. The van der Waals surface area contributed by atoms with Gasteiger partial charge in [-0.15, -0.1) is 0 Å². The standard InChI is InChI=1S/C18H17N3O6/c1-4-13-15(9(2)27-20-13)18(25)26-8-14(22)19-10-5-6-11-12(7-10)17(24)21(3)16(11)23/h5-7H,4,8H2,1-3H3,(H,19,22). The number of fused-ring (bicyclic) bond motifs is 1. The highest BCUT2D eigenvalue weighted by Crippen LogP contribution is 2.24. The molecular formula is C18H17N3O6. The van der Waals surface area contributed by atoms with Crippen LogP contribution < -0.4 is 5.32 Å². The van der Waals surface area contributed by atoms with Crippen LogP contribution in [0, 0.1) is 6.92 Å². The van der Waals surface area contributed by atoms with Crippen molar-refractivity contribution in [1.82, 2.24) is 10.1 Å². The maximum absolute atomic E-state index is 12.1. The Balaban J connectivity index is 1.64. The van der Waals surface area contributed by atoms with Gasteiger partial charge in [-0.05, 0) is 31.5 Å². The first kappa shape index (κ1) is 18.3. The van der Waals surface area contributed by atoms with Gasteiger partial charge in [0.25, 0.3) is 17.7 Å². The molecule has 1 aromatic carbocycles. The van der Waals surface area contributed by atoms with Crippen LogP contribution in [0.4, 0.5) is 5.69 Å². The van der Waals surface area contributed by atoms with Crippen LogP contribution in [-0.4, -0.2) is 47.4 Å². The third-order valence-corrected chi connectivity index (χ3v) is 4.18. The molecule has 1 aliphatic rings. The van der Waals surface area contributed by atoms with E-state index in [0.717, 1.165) is 4.90 Å². The number of nitrogens with one attached hydrogen (secondary N) is 1. The van der Waals surface area contributed by atoms with E-state index in [9.17, 15) is 19.2 Å². The Morgan fingerprint density at radius 1 is 1.22 bits per heavy atom. The van der Waals surface area contributed by atoms with E-state index in [1.165, 1.54) is 25.2 Å². The predicted octanol–water partition coefficient (Wildman–Crippen LogP) is 1.57. The molecule has 1 aromatic heterocycles. The van der Waals surface area contributed by atoms with Crippen molar-refractivity contribution in [3.63, 3.8) is 0 Å². The number of anilines is 1.